The predicted octanol–water partition coefficient (Wildman–Crippen LogP) is 1.19. The first-order valence-electron chi connectivity index (χ1n) is 5.37. The van der Waals surface area contributed by atoms with Gasteiger partial charge in [-0.3, -0.25) is 14.9 Å². The number of carboxylic acids is 1. The Bertz CT molecular complexity index is 548. The third kappa shape index (κ3) is 2.53. The van der Waals surface area contributed by atoms with E-state index in [2.05, 4.69) is 0 Å². The summed E-state index contributed by atoms with van der Waals surface area (Å²) in [6.07, 6.45) is 0. The van der Waals surface area contributed by atoms with Crippen LogP contribution in [0.2, 0.25) is 0 Å². The van der Waals surface area contributed by atoms with Crippen molar-refractivity contribution in [2.45, 2.75) is 6.04 Å². The van der Waals surface area contributed by atoms with Crippen LogP contribution < -0.4 is 0 Å². The van der Waals surface area contributed by atoms with Gasteiger partial charge in [0.15, 0.2) is 0 Å². The van der Waals surface area contributed by atoms with Crippen LogP contribution in [0.4, 0.5) is 5.69 Å². The lowest BCUT2D eigenvalue weighted by Crippen LogP contribution is -2.41. The van der Waals surface area contributed by atoms with Crippen molar-refractivity contribution in [1.82, 2.24) is 4.90 Å². The van der Waals surface area contributed by atoms with Crippen molar-refractivity contribution >= 4 is 29.3 Å². The average molecular weight is 282 g/mol. The monoisotopic (exact) mass is 282 g/mol. The fourth-order valence-corrected chi connectivity index (χ4v) is 2.96. The van der Waals surface area contributed by atoms with Crippen LogP contribution in [0.25, 0.3) is 0 Å². The molecule has 1 aliphatic heterocycles. The molecule has 0 aliphatic carbocycles. The van der Waals surface area contributed by atoms with Gasteiger partial charge in [-0.05, 0) is 6.07 Å². The summed E-state index contributed by atoms with van der Waals surface area (Å²) < 4.78 is 0. The van der Waals surface area contributed by atoms with Crippen molar-refractivity contribution in [3.05, 3.63) is 39.9 Å². The number of carboxylic acid groups (broad SMARTS) is 1. The van der Waals surface area contributed by atoms with E-state index in [4.69, 9.17) is 5.11 Å². The SMILES string of the molecule is O=C(O)C1CSCN1C(=O)c1ccccc1[N+](=O)[O-]. The third-order valence-electron chi connectivity index (χ3n) is 2.76. The summed E-state index contributed by atoms with van der Waals surface area (Å²) in [4.78, 5) is 34.6. The van der Waals surface area contributed by atoms with Crippen molar-refractivity contribution in [2.75, 3.05) is 11.6 Å². The zero-order valence-electron chi connectivity index (χ0n) is 9.68. The maximum Gasteiger partial charge on any atom is 0.327 e. The number of nitrogens with zero attached hydrogens (tertiary/aromatic N) is 2. The molecule has 0 spiro atoms. The smallest absolute Gasteiger partial charge is 0.327 e. The molecule has 0 saturated carbocycles. The zero-order valence-corrected chi connectivity index (χ0v) is 10.5. The first-order chi connectivity index (χ1) is 9.02. The number of nitro benzene ring substituents is 1. The first kappa shape index (κ1) is 13.3. The molecule has 1 aliphatic rings. The highest BCUT2D eigenvalue weighted by molar-refractivity contribution is 7.99. The minimum Gasteiger partial charge on any atom is -0.480 e. The molecule has 0 aromatic heterocycles. The summed E-state index contributed by atoms with van der Waals surface area (Å²) in [7, 11) is 0. The van der Waals surface area contributed by atoms with E-state index in [0.29, 0.717) is 5.75 Å². The van der Waals surface area contributed by atoms with Crippen LogP contribution in [0.1, 0.15) is 10.4 Å². The molecule has 1 aromatic rings. The van der Waals surface area contributed by atoms with E-state index < -0.39 is 22.8 Å². The van der Waals surface area contributed by atoms with Gasteiger partial charge in [-0.2, -0.15) is 0 Å². The van der Waals surface area contributed by atoms with Crippen molar-refractivity contribution in [3.63, 3.8) is 0 Å². The van der Waals surface area contributed by atoms with Gasteiger partial charge < -0.3 is 10.0 Å². The minimum absolute atomic E-state index is 0.0822. The van der Waals surface area contributed by atoms with E-state index in [9.17, 15) is 19.7 Å². The number of thioether (sulfide) groups is 1. The van der Waals surface area contributed by atoms with Gasteiger partial charge in [-0.25, -0.2) is 4.79 Å². The lowest BCUT2D eigenvalue weighted by molar-refractivity contribution is -0.385. The van der Waals surface area contributed by atoms with Gasteiger partial charge in [0.05, 0.1) is 10.8 Å². The lowest BCUT2D eigenvalue weighted by atomic mass is 10.1. The Labute approximate surface area is 112 Å². The van der Waals surface area contributed by atoms with Gasteiger partial charge >= 0.3 is 5.97 Å². The van der Waals surface area contributed by atoms with Crippen molar-refractivity contribution in [1.29, 1.82) is 0 Å². The summed E-state index contributed by atoms with van der Waals surface area (Å²) >= 11 is 1.31. The molecule has 1 fully saturated rings. The van der Waals surface area contributed by atoms with Crippen LogP contribution >= 0.6 is 11.8 Å². The summed E-state index contributed by atoms with van der Waals surface area (Å²) in [5.41, 5.74) is -0.394. The Balaban J connectivity index is 2.34. The number of amides is 1. The summed E-state index contributed by atoms with van der Waals surface area (Å²) in [6.45, 7) is 0. The van der Waals surface area contributed by atoms with Crippen LogP contribution in [0.5, 0.6) is 0 Å². The molecule has 1 amide bonds. The Morgan fingerprint density at radius 2 is 2.11 bits per heavy atom. The molecule has 19 heavy (non-hydrogen) atoms. The first-order valence-corrected chi connectivity index (χ1v) is 6.52. The molecule has 2 rings (SSSR count). The molecular formula is C11H10N2O5S. The van der Waals surface area contributed by atoms with E-state index in [1.54, 1.807) is 0 Å². The third-order valence-corrected chi connectivity index (χ3v) is 3.77. The molecule has 1 aromatic carbocycles. The highest BCUT2D eigenvalue weighted by Gasteiger charge is 2.37. The Kier molecular flexibility index (Phi) is 3.70. The van der Waals surface area contributed by atoms with E-state index >= 15 is 0 Å². The second-order valence-electron chi connectivity index (χ2n) is 3.90. The fourth-order valence-electron chi connectivity index (χ4n) is 1.82. The quantitative estimate of drug-likeness (QED) is 0.660. The second kappa shape index (κ2) is 5.27. The Morgan fingerprint density at radius 3 is 2.74 bits per heavy atom. The average Bonchev–Trinajstić information content (AvgIpc) is 2.87. The number of hydrogen-bond donors (Lipinski definition) is 1. The van der Waals surface area contributed by atoms with Crippen LogP contribution in [0.15, 0.2) is 24.3 Å². The van der Waals surface area contributed by atoms with Crippen LogP contribution in [0.3, 0.4) is 0 Å². The molecule has 8 heteroatoms. The molecule has 1 saturated heterocycles. The molecule has 1 N–H and O–H groups in total. The van der Waals surface area contributed by atoms with Gasteiger partial charge in [0.1, 0.15) is 11.6 Å². The number of benzene rings is 1. The number of aliphatic carboxylic acids is 1. The van der Waals surface area contributed by atoms with Crippen molar-refractivity contribution < 1.29 is 19.6 Å². The molecule has 1 atom stereocenters. The topological polar surface area (TPSA) is 101 Å². The number of rotatable bonds is 3. The Hall–Kier alpha value is -2.09. The molecule has 1 heterocycles. The van der Waals surface area contributed by atoms with E-state index in [1.165, 1.54) is 36.0 Å². The number of nitro groups is 1. The van der Waals surface area contributed by atoms with E-state index in [0.717, 1.165) is 4.90 Å². The maximum absolute atomic E-state index is 12.2. The van der Waals surface area contributed by atoms with Crippen LogP contribution in [-0.4, -0.2) is 44.5 Å². The van der Waals surface area contributed by atoms with Gasteiger partial charge in [0.25, 0.3) is 11.6 Å². The second-order valence-corrected chi connectivity index (χ2v) is 4.90. The molecule has 0 radical (unpaired) electrons. The predicted molar refractivity (Wildman–Crippen MR) is 68.0 cm³/mol. The Morgan fingerprint density at radius 1 is 1.42 bits per heavy atom. The van der Waals surface area contributed by atoms with Gasteiger partial charge in [0, 0.05) is 11.8 Å². The summed E-state index contributed by atoms with van der Waals surface area (Å²) in [6, 6.07) is 4.60. The maximum atomic E-state index is 12.2. The van der Waals surface area contributed by atoms with E-state index in [-0.39, 0.29) is 17.1 Å². The molecule has 1 unspecified atom stereocenters. The van der Waals surface area contributed by atoms with E-state index in [1.807, 2.05) is 0 Å². The number of carbonyl (C=O) groups excluding carboxylic acids is 1. The van der Waals surface area contributed by atoms with Gasteiger partial charge in [0.2, 0.25) is 0 Å². The molecule has 100 valence electrons. The highest BCUT2D eigenvalue weighted by atomic mass is 32.2. The fraction of sp³-hybridized carbons (Fsp3) is 0.273. The molecule has 0 bridgehead atoms. The number of hydrogen-bond acceptors (Lipinski definition) is 5. The summed E-state index contributed by atoms with van der Waals surface area (Å²) in [5.74, 6) is -1.20. The van der Waals surface area contributed by atoms with Gasteiger partial charge in [-0.1, -0.05) is 12.1 Å². The molecule has 7 nitrogen and oxygen atoms in total. The standard InChI is InChI=1S/C11H10N2O5S/c14-10(12-6-19-5-9(12)11(15)16)7-3-1-2-4-8(7)13(17)18/h1-4,9H,5-6H2,(H,15,16). The van der Waals surface area contributed by atoms with Gasteiger partial charge in [-0.15, -0.1) is 11.8 Å². The summed E-state index contributed by atoms with van der Waals surface area (Å²) in [5, 5.41) is 19.9. The van der Waals surface area contributed by atoms with Crippen molar-refractivity contribution in [3.8, 4) is 0 Å². The largest absolute Gasteiger partial charge is 0.480 e. The normalized spacial score (nSPS) is 18.3. The number of para-hydroxylation sites is 1. The molecular weight excluding hydrogens is 272 g/mol. The van der Waals surface area contributed by atoms with Crippen molar-refractivity contribution in [2.24, 2.45) is 0 Å². The zero-order chi connectivity index (χ0) is 14.0. The van der Waals surface area contributed by atoms with Crippen LogP contribution in [0, 0.1) is 10.1 Å². The van der Waals surface area contributed by atoms with Crippen LogP contribution in [-0.2, 0) is 4.79 Å². The lowest BCUT2D eigenvalue weighted by Gasteiger charge is -2.20. The minimum atomic E-state index is -1.10. The highest BCUT2D eigenvalue weighted by Crippen LogP contribution is 2.26. The number of carbonyl (C=O) groups is 2.